The zero-order valence-corrected chi connectivity index (χ0v) is 10.1. The number of fused-ring (bicyclic) bond motifs is 2. The molecule has 0 saturated heterocycles. The Kier molecular flexibility index (Phi) is 2.01. The molecular weight excluding hydrogens is 250 g/mol. The van der Waals surface area contributed by atoms with E-state index in [0.29, 0.717) is 6.61 Å². The van der Waals surface area contributed by atoms with Gasteiger partial charge in [0.15, 0.2) is 10.8 Å². The topological polar surface area (TPSA) is 64.3 Å². The SMILES string of the molecule is c1cc2c(c(-c3nn4cnnc4s3)c1)OCCN2. The Bertz CT molecular complexity index is 691. The van der Waals surface area contributed by atoms with Gasteiger partial charge in [-0.15, -0.1) is 10.2 Å². The third-order valence-corrected chi connectivity index (χ3v) is 3.74. The van der Waals surface area contributed by atoms with Gasteiger partial charge in [0.05, 0.1) is 11.3 Å². The Hall–Kier alpha value is -2.15. The van der Waals surface area contributed by atoms with Crippen LogP contribution in [0.5, 0.6) is 5.75 Å². The van der Waals surface area contributed by atoms with E-state index in [1.165, 1.54) is 11.3 Å². The summed E-state index contributed by atoms with van der Waals surface area (Å²) in [5.74, 6) is 0.869. The largest absolute Gasteiger partial charge is 0.489 e. The lowest BCUT2D eigenvalue weighted by Crippen LogP contribution is -2.18. The van der Waals surface area contributed by atoms with Crippen molar-refractivity contribution in [2.45, 2.75) is 0 Å². The first-order valence-electron chi connectivity index (χ1n) is 5.59. The number of benzene rings is 1. The van der Waals surface area contributed by atoms with E-state index >= 15 is 0 Å². The van der Waals surface area contributed by atoms with Gasteiger partial charge in [0.1, 0.15) is 12.9 Å². The van der Waals surface area contributed by atoms with E-state index in [1.54, 1.807) is 10.8 Å². The smallest absolute Gasteiger partial charge is 0.234 e. The van der Waals surface area contributed by atoms with Crippen molar-refractivity contribution in [3.8, 4) is 16.3 Å². The minimum Gasteiger partial charge on any atom is -0.489 e. The van der Waals surface area contributed by atoms with Gasteiger partial charge in [-0.05, 0) is 12.1 Å². The molecule has 4 rings (SSSR count). The number of hydrogen-bond acceptors (Lipinski definition) is 6. The molecule has 3 aromatic rings. The minimum atomic E-state index is 0.675. The predicted octanol–water partition coefficient (Wildman–Crippen LogP) is 1.66. The molecule has 0 saturated carbocycles. The van der Waals surface area contributed by atoms with E-state index in [1.807, 2.05) is 18.2 Å². The number of ether oxygens (including phenoxy) is 1. The van der Waals surface area contributed by atoms with E-state index in [2.05, 4.69) is 20.6 Å². The van der Waals surface area contributed by atoms with Crippen molar-refractivity contribution in [2.75, 3.05) is 18.5 Å². The number of nitrogens with one attached hydrogen (secondary N) is 1. The quantitative estimate of drug-likeness (QED) is 0.720. The predicted molar refractivity (Wildman–Crippen MR) is 68.1 cm³/mol. The van der Waals surface area contributed by atoms with E-state index in [0.717, 1.165) is 33.5 Å². The van der Waals surface area contributed by atoms with E-state index in [-0.39, 0.29) is 0 Å². The number of para-hydroxylation sites is 1. The maximum atomic E-state index is 5.74. The molecule has 0 aliphatic carbocycles. The monoisotopic (exact) mass is 259 g/mol. The van der Waals surface area contributed by atoms with Crippen molar-refractivity contribution in [1.82, 2.24) is 19.8 Å². The molecule has 1 aromatic carbocycles. The molecule has 0 unspecified atom stereocenters. The lowest BCUT2D eigenvalue weighted by Gasteiger charge is -2.20. The second kappa shape index (κ2) is 3.67. The number of nitrogens with zero attached hydrogens (tertiary/aromatic N) is 4. The molecule has 2 aromatic heterocycles. The first-order chi connectivity index (χ1) is 8.92. The van der Waals surface area contributed by atoms with Crippen molar-refractivity contribution >= 4 is 22.0 Å². The summed E-state index contributed by atoms with van der Waals surface area (Å²) in [5.41, 5.74) is 2.01. The molecule has 0 fully saturated rings. The number of hydrogen-bond donors (Lipinski definition) is 1. The first kappa shape index (κ1) is 9.84. The maximum Gasteiger partial charge on any atom is 0.234 e. The van der Waals surface area contributed by atoms with Crippen LogP contribution in [0.3, 0.4) is 0 Å². The molecule has 7 heteroatoms. The summed E-state index contributed by atoms with van der Waals surface area (Å²) in [5, 5.41) is 16.5. The van der Waals surface area contributed by atoms with Crippen LogP contribution < -0.4 is 10.1 Å². The molecule has 0 spiro atoms. The zero-order chi connectivity index (χ0) is 11.9. The fourth-order valence-corrected chi connectivity index (χ4v) is 2.85. The Balaban J connectivity index is 1.91. The van der Waals surface area contributed by atoms with Crippen molar-refractivity contribution < 1.29 is 4.74 Å². The maximum absolute atomic E-state index is 5.74. The van der Waals surface area contributed by atoms with Crippen molar-refractivity contribution in [2.24, 2.45) is 0 Å². The fourth-order valence-electron chi connectivity index (χ4n) is 2.01. The van der Waals surface area contributed by atoms with Gasteiger partial charge in [-0.2, -0.15) is 9.61 Å². The molecule has 0 bridgehead atoms. The Morgan fingerprint density at radius 2 is 2.39 bits per heavy atom. The van der Waals surface area contributed by atoms with Gasteiger partial charge < -0.3 is 10.1 Å². The number of anilines is 1. The average Bonchev–Trinajstić information content (AvgIpc) is 2.99. The molecule has 1 aliphatic rings. The van der Waals surface area contributed by atoms with Crippen molar-refractivity contribution in [3.05, 3.63) is 24.5 Å². The third kappa shape index (κ3) is 1.37. The second-order valence-electron chi connectivity index (χ2n) is 3.92. The molecule has 0 radical (unpaired) electrons. The van der Waals surface area contributed by atoms with Gasteiger partial charge in [-0.1, -0.05) is 17.4 Å². The van der Waals surface area contributed by atoms with Crippen molar-refractivity contribution in [3.63, 3.8) is 0 Å². The molecule has 3 heterocycles. The van der Waals surface area contributed by atoms with Gasteiger partial charge >= 0.3 is 0 Å². The molecule has 1 aliphatic heterocycles. The zero-order valence-electron chi connectivity index (χ0n) is 9.33. The third-order valence-electron chi connectivity index (χ3n) is 2.80. The normalized spacial score (nSPS) is 14.0. The van der Waals surface area contributed by atoms with Crippen LogP contribution in [-0.2, 0) is 0 Å². The Labute approximate surface area is 106 Å². The van der Waals surface area contributed by atoms with E-state index in [9.17, 15) is 0 Å². The summed E-state index contributed by atoms with van der Waals surface area (Å²) >= 11 is 1.50. The van der Waals surface area contributed by atoms with Crippen molar-refractivity contribution in [1.29, 1.82) is 0 Å². The second-order valence-corrected chi connectivity index (χ2v) is 4.88. The highest BCUT2D eigenvalue weighted by Gasteiger charge is 2.18. The first-order valence-corrected chi connectivity index (χ1v) is 6.40. The van der Waals surface area contributed by atoms with Gasteiger partial charge in [0.25, 0.3) is 0 Å². The molecule has 18 heavy (non-hydrogen) atoms. The van der Waals surface area contributed by atoms with Crippen LogP contribution in [0.1, 0.15) is 0 Å². The number of aromatic nitrogens is 4. The van der Waals surface area contributed by atoms with Gasteiger partial charge in [-0.3, -0.25) is 0 Å². The lowest BCUT2D eigenvalue weighted by atomic mass is 10.1. The van der Waals surface area contributed by atoms with Crippen LogP contribution in [0.2, 0.25) is 0 Å². The molecule has 0 amide bonds. The summed E-state index contributed by atoms with van der Waals surface area (Å²) < 4.78 is 7.42. The van der Waals surface area contributed by atoms with Crippen LogP contribution >= 0.6 is 11.3 Å². The Morgan fingerprint density at radius 1 is 1.39 bits per heavy atom. The van der Waals surface area contributed by atoms with Gasteiger partial charge in [0.2, 0.25) is 4.96 Å². The summed E-state index contributed by atoms with van der Waals surface area (Å²) in [4.78, 5) is 0.784. The summed E-state index contributed by atoms with van der Waals surface area (Å²) in [7, 11) is 0. The summed E-state index contributed by atoms with van der Waals surface area (Å²) in [6.45, 7) is 1.51. The molecule has 1 N–H and O–H groups in total. The Morgan fingerprint density at radius 3 is 3.33 bits per heavy atom. The number of rotatable bonds is 1. The highest BCUT2D eigenvalue weighted by Crippen LogP contribution is 2.39. The van der Waals surface area contributed by atoms with Gasteiger partial charge in [-0.25, -0.2) is 0 Å². The molecule has 6 nitrogen and oxygen atoms in total. The molecular formula is C11H9N5OS. The van der Waals surface area contributed by atoms with Crippen LogP contribution in [0.15, 0.2) is 24.5 Å². The highest BCUT2D eigenvalue weighted by atomic mass is 32.1. The van der Waals surface area contributed by atoms with Crippen LogP contribution in [0.25, 0.3) is 15.5 Å². The average molecular weight is 259 g/mol. The highest BCUT2D eigenvalue weighted by molar-refractivity contribution is 7.19. The lowest BCUT2D eigenvalue weighted by molar-refractivity contribution is 0.324. The molecule has 0 atom stereocenters. The standard InChI is InChI=1S/C11H9N5OS/c1-2-7(9-8(3-1)12-4-5-17-9)10-15-16-6-13-14-11(16)18-10/h1-3,6,12H,4-5H2. The van der Waals surface area contributed by atoms with Crippen LogP contribution in [0, 0.1) is 0 Å². The summed E-state index contributed by atoms with van der Waals surface area (Å²) in [6.07, 6.45) is 1.60. The van der Waals surface area contributed by atoms with Gasteiger partial charge in [0, 0.05) is 6.54 Å². The van der Waals surface area contributed by atoms with Crippen LogP contribution in [0.4, 0.5) is 5.69 Å². The van der Waals surface area contributed by atoms with E-state index in [4.69, 9.17) is 4.74 Å². The summed E-state index contributed by atoms with van der Waals surface area (Å²) in [6, 6.07) is 6.02. The minimum absolute atomic E-state index is 0.675. The van der Waals surface area contributed by atoms with Crippen LogP contribution in [-0.4, -0.2) is 33.0 Å². The fraction of sp³-hybridized carbons (Fsp3) is 0.182. The van der Waals surface area contributed by atoms with E-state index < -0.39 is 0 Å². The molecule has 90 valence electrons.